The Balaban J connectivity index is 1.65. The van der Waals surface area contributed by atoms with Gasteiger partial charge in [0, 0.05) is 19.2 Å². The lowest BCUT2D eigenvalue weighted by atomic mass is 9.99. The van der Waals surface area contributed by atoms with Crippen LogP contribution in [0, 0.1) is 6.92 Å². The van der Waals surface area contributed by atoms with Crippen molar-refractivity contribution >= 4 is 34.4 Å². The molecule has 41 heavy (non-hydrogen) atoms. The summed E-state index contributed by atoms with van der Waals surface area (Å²) >= 11 is 0. The van der Waals surface area contributed by atoms with Crippen LogP contribution in [0.4, 0.5) is 10.5 Å². The highest BCUT2D eigenvalue weighted by molar-refractivity contribution is 6.00. The molecule has 0 spiro atoms. The number of anilines is 1. The molecule has 0 radical (unpaired) electrons. The third-order valence-electron chi connectivity index (χ3n) is 6.63. The number of carbonyl (C=O) groups is 3. The Kier molecular flexibility index (Phi) is 9.07. The second kappa shape index (κ2) is 12.7. The van der Waals surface area contributed by atoms with E-state index < -0.39 is 29.7 Å². The molecule has 212 valence electrons. The van der Waals surface area contributed by atoms with Crippen LogP contribution in [0.1, 0.15) is 43.5 Å². The first-order valence-corrected chi connectivity index (χ1v) is 13.7. The number of benzene rings is 4. The van der Waals surface area contributed by atoms with Gasteiger partial charge in [-0.05, 0) is 61.7 Å². The third-order valence-corrected chi connectivity index (χ3v) is 6.63. The molecule has 4 aromatic carbocycles. The van der Waals surface area contributed by atoms with Crippen LogP contribution in [0.2, 0.25) is 0 Å². The van der Waals surface area contributed by atoms with E-state index in [1.807, 2.05) is 104 Å². The number of amides is 3. The van der Waals surface area contributed by atoms with E-state index in [2.05, 4.69) is 10.6 Å². The molecule has 0 aromatic heterocycles. The number of aryl methyl sites for hydroxylation is 1. The van der Waals surface area contributed by atoms with Gasteiger partial charge in [-0.25, -0.2) is 4.79 Å². The molecule has 3 amide bonds. The number of hydrogen-bond acceptors (Lipinski definition) is 4. The van der Waals surface area contributed by atoms with Gasteiger partial charge in [-0.2, -0.15) is 0 Å². The van der Waals surface area contributed by atoms with E-state index >= 15 is 0 Å². The van der Waals surface area contributed by atoms with Crippen molar-refractivity contribution in [1.29, 1.82) is 0 Å². The van der Waals surface area contributed by atoms with Crippen molar-refractivity contribution in [1.82, 2.24) is 10.2 Å². The minimum Gasteiger partial charge on any atom is -0.444 e. The number of nitrogens with zero attached hydrogens (tertiary/aromatic N) is 1. The van der Waals surface area contributed by atoms with E-state index in [-0.39, 0.29) is 12.3 Å². The highest BCUT2D eigenvalue weighted by Crippen LogP contribution is 2.26. The molecule has 0 aliphatic rings. The number of nitrogens with one attached hydrogen (secondary N) is 2. The van der Waals surface area contributed by atoms with Gasteiger partial charge in [-0.3, -0.25) is 9.59 Å². The summed E-state index contributed by atoms with van der Waals surface area (Å²) < 4.78 is 5.46. The third kappa shape index (κ3) is 7.94. The lowest BCUT2D eigenvalue weighted by molar-refractivity contribution is -0.139. The lowest BCUT2D eigenvalue weighted by Crippen LogP contribution is -2.52. The fourth-order valence-corrected chi connectivity index (χ4v) is 4.74. The number of fused-ring (bicyclic) bond motifs is 1. The van der Waals surface area contributed by atoms with Gasteiger partial charge in [0.15, 0.2) is 0 Å². The molecule has 4 rings (SSSR count). The summed E-state index contributed by atoms with van der Waals surface area (Å²) in [5.74, 6) is -0.780. The molecule has 0 bridgehead atoms. The Labute approximate surface area is 241 Å². The first kappa shape index (κ1) is 29.3. The first-order valence-electron chi connectivity index (χ1n) is 13.7. The zero-order valence-electron chi connectivity index (χ0n) is 24.2. The molecule has 0 heterocycles. The van der Waals surface area contributed by atoms with E-state index in [0.29, 0.717) is 11.3 Å². The smallest absolute Gasteiger partial charge is 0.408 e. The number of likely N-dealkylation sites (N-methyl/N-ethyl adjacent to an activating group) is 1. The Morgan fingerprint density at radius 1 is 0.829 bits per heavy atom. The molecular weight excluding hydrogens is 514 g/mol. The Hall–Kier alpha value is -4.65. The average molecular weight is 552 g/mol. The number of hydrogen-bond donors (Lipinski definition) is 2. The van der Waals surface area contributed by atoms with Crippen LogP contribution in [0.3, 0.4) is 0 Å². The van der Waals surface area contributed by atoms with Crippen LogP contribution < -0.4 is 10.6 Å². The van der Waals surface area contributed by atoms with Gasteiger partial charge < -0.3 is 20.3 Å². The summed E-state index contributed by atoms with van der Waals surface area (Å²) in [7, 11) is 1.59. The lowest BCUT2D eigenvalue weighted by Gasteiger charge is -2.32. The standard InChI is InChI=1S/C34H37N3O4/c1-23-12-11-17-27(20-23)30(31(38)35-28-19-18-25-15-9-10-16-26(25)22-28)37(5)32(39)29(21-24-13-7-6-8-14-24)36-33(40)41-34(2,3)4/h6-20,22,29-30H,21H2,1-5H3,(H,35,38)(H,36,40). The van der Waals surface area contributed by atoms with E-state index in [1.165, 1.54) is 4.90 Å². The van der Waals surface area contributed by atoms with Gasteiger partial charge >= 0.3 is 6.09 Å². The number of ether oxygens (including phenoxy) is 1. The summed E-state index contributed by atoms with van der Waals surface area (Å²) in [5, 5.41) is 7.80. The van der Waals surface area contributed by atoms with Crippen molar-refractivity contribution in [2.45, 2.75) is 51.8 Å². The maximum atomic E-state index is 14.1. The van der Waals surface area contributed by atoms with E-state index in [4.69, 9.17) is 4.74 Å². The predicted molar refractivity (Wildman–Crippen MR) is 163 cm³/mol. The summed E-state index contributed by atoms with van der Waals surface area (Å²) in [4.78, 5) is 42.1. The zero-order chi connectivity index (χ0) is 29.6. The molecule has 0 saturated carbocycles. The van der Waals surface area contributed by atoms with Crippen LogP contribution in [0.15, 0.2) is 97.1 Å². The molecule has 7 nitrogen and oxygen atoms in total. The van der Waals surface area contributed by atoms with E-state index in [1.54, 1.807) is 27.8 Å². The largest absolute Gasteiger partial charge is 0.444 e. The van der Waals surface area contributed by atoms with Gasteiger partial charge in [-0.15, -0.1) is 0 Å². The number of rotatable bonds is 8. The van der Waals surface area contributed by atoms with Gasteiger partial charge in [0.2, 0.25) is 5.91 Å². The summed E-state index contributed by atoms with van der Waals surface area (Å²) in [6.45, 7) is 7.22. The van der Waals surface area contributed by atoms with Crippen molar-refractivity contribution in [3.8, 4) is 0 Å². The molecule has 0 aliphatic carbocycles. The van der Waals surface area contributed by atoms with Crippen LogP contribution in [-0.4, -0.2) is 41.5 Å². The molecule has 2 N–H and O–H groups in total. The van der Waals surface area contributed by atoms with Crippen LogP contribution in [0.5, 0.6) is 0 Å². The molecule has 0 aliphatic heterocycles. The maximum Gasteiger partial charge on any atom is 0.408 e. The summed E-state index contributed by atoms with van der Waals surface area (Å²) in [6, 6.07) is 28.6. The van der Waals surface area contributed by atoms with Crippen molar-refractivity contribution < 1.29 is 19.1 Å². The van der Waals surface area contributed by atoms with E-state index in [0.717, 1.165) is 21.9 Å². The normalized spacial score (nSPS) is 12.7. The highest BCUT2D eigenvalue weighted by Gasteiger charge is 2.34. The second-order valence-electron chi connectivity index (χ2n) is 11.2. The second-order valence-corrected chi connectivity index (χ2v) is 11.2. The quantitative estimate of drug-likeness (QED) is 0.264. The SMILES string of the molecule is Cc1cccc(C(C(=O)Nc2ccc3ccccc3c2)N(C)C(=O)C(Cc2ccccc2)NC(=O)OC(C)(C)C)c1. The van der Waals surface area contributed by atoms with E-state index in [9.17, 15) is 14.4 Å². The minimum atomic E-state index is -0.960. The van der Waals surface area contributed by atoms with Crippen molar-refractivity contribution in [3.05, 3.63) is 114 Å². The number of carbonyl (C=O) groups excluding carboxylic acids is 3. The average Bonchev–Trinajstić information content (AvgIpc) is 2.92. The molecule has 2 atom stereocenters. The monoisotopic (exact) mass is 551 g/mol. The zero-order valence-corrected chi connectivity index (χ0v) is 24.2. The predicted octanol–water partition coefficient (Wildman–Crippen LogP) is 6.42. The highest BCUT2D eigenvalue weighted by atomic mass is 16.6. The van der Waals surface area contributed by atoms with Crippen LogP contribution >= 0.6 is 0 Å². The first-order chi connectivity index (χ1) is 19.5. The fraction of sp³-hybridized carbons (Fsp3) is 0.265. The van der Waals surface area contributed by atoms with Gasteiger partial charge in [-0.1, -0.05) is 90.5 Å². The number of alkyl carbamates (subject to hydrolysis) is 1. The van der Waals surface area contributed by atoms with Crippen LogP contribution in [-0.2, 0) is 20.7 Å². The van der Waals surface area contributed by atoms with Crippen molar-refractivity contribution in [3.63, 3.8) is 0 Å². The summed E-state index contributed by atoms with van der Waals surface area (Å²) in [6.07, 6.45) is -0.469. The molecule has 0 saturated heterocycles. The maximum absolute atomic E-state index is 14.1. The van der Waals surface area contributed by atoms with Gasteiger partial charge in [0.25, 0.3) is 5.91 Å². The summed E-state index contributed by atoms with van der Waals surface area (Å²) in [5.41, 5.74) is 2.37. The molecular formula is C34H37N3O4. The Bertz CT molecular complexity index is 1530. The van der Waals surface area contributed by atoms with Crippen LogP contribution in [0.25, 0.3) is 10.8 Å². The van der Waals surface area contributed by atoms with Gasteiger partial charge in [0.1, 0.15) is 17.7 Å². The van der Waals surface area contributed by atoms with Crippen molar-refractivity contribution in [2.24, 2.45) is 0 Å². The van der Waals surface area contributed by atoms with Gasteiger partial charge in [0.05, 0.1) is 0 Å². The molecule has 0 fully saturated rings. The molecule has 4 aromatic rings. The minimum absolute atomic E-state index is 0.232. The topological polar surface area (TPSA) is 87.7 Å². The molecule has 7 heteroatoms. The Morgan fingerprint density at radius 3 is 2.20 bits per heavy atom. The fourth-order valence-electron chi connectivity index (χ4n) is 4.74. The van der Waals surface area contributed by atoms with Crippen molar-refractivity contribution in [2.75, 3.05) is 12.4 Å². The Morgan fingerprint density at radius 2 is 1.51 bits per heavy atom. The molecule has 2 unspecified atom stereocenters.